The molecule has 2 fully saturated rings. The second-order valence-electron chi connectivity index (χ2n) is 6.21. The molecule has 0 aromatic heterocycles. The van der Waals surface area contributed by atoms with Crippen LogP contribution < -0.4 is 0 Å². The molecular weight excluding hydrogens is 220 g/mol. The van der Waals surface area contributed by atoms with Gasteiger partial charge in [0.05, 0.1) is 12.2 Å². The van der Waals surface area contributed by atoms with Gasteiger partial charge in [-0.25, -0.2) is 0 Å². The smallest absolute Gasteiger partial charge is 0.0658 e. The summed E-state index contributed by atoms with van der Waals surface area (Å²) in [6.07, 6.45) is 8.55. The summed E-state index contributed by atoms with van der Waals surface area (Å²) in [6.45, 7) is 6.77. The quantitative estimate of drug-likeness (QED) is 0.670. The molecule has 2 aliphatic carbocycles. The summed E-state index contributed by atoms with van der Waals surface area (Å²) in [6, 6.07) is 0. The van der Waals surface area contributed by atoms with Gasteiger partial charge in [-0.1, -0.05) is 40.0 Å². The van der Waals surface area contributed by atoms with E-state index in [2.05, 4.69) is 20.8 Å². The third-order valence-corrected chi connectivity index (χ3v) is 5.47. The molecule has 0 bridgehead atoms. The Hall–Kier alpha value is 0.250. The van der Waals surface area contributed by atoms with Gasteiger partial charge < -0.3 is 4.74 Å². The van der Waals surface area contributed by atoms with Gasteiger partial charge in [-0.2, -0.15) is 0 Å². The minimum Gasteiger partial charge on any atom is -0.374 e. The molecule has 2 aliphatic rings. The zero-order valence-electron chi connectivity index (χ0n) is 10.8. The molecule has 0 heterocycles. The van der Waals surface area contributed by atoms with Crippen molar-refractivity contribution in [3.63, 3.8) is 0 Å². The fourth-order valence-corrected chi connectivity index (χ4v) is 3.34. The van der Waals surface area contributed by atoms with E-state index >= 15 is 0 Å². The summed E-state index contributed by atoms with van der Waals surface area (Å²) in [4.78, 5) is 0. The Balaban J connectivity index is 1.82. The molecule has 2 heteroatoms. The van der Waals surface area contributed by atoms with E-state index in [1.54, 1.807) is 0 Å². The van der Waals surface area contributed by atoms with Gasteiger partial charge in [0.1, 0.15) is 0 Å². The highest BCUT2D eigenvalue weighted by atomic mass is 35.5. The van der Waals surface area contributed by atoms with E-state index in [9.17, 15) is 0 Å². The van der Waals surface area contributed by atoms with E-state index in [1.807, 2.05) is 0 Å². The van der Waals surface area contributed by atoms with Crippen molar-refractivity contribution in [1.82, 2.24) is 0 Å². The number of halogens is 1. The lowest BCUT2D eigenvalue weighted by atomic mass is 9.68. The molecule has 0 spiro atoms. The van der Waals surface area contributed by atoms with Crippen LogP contribution in [0.5, 0.6) is 0 Å². The van der Waals surface area contributed by atoms with Crippen LogP contribution in [0.4, 0.5) is 0 Å². The lowest BCUT2D eigenvalue weighted by Crippen LogP contribution is -2.53. The normalized spacial score (nSPS) is 42.8. The maximum absolute atomic E-state index is 6.26. The zero-order chi connectivity index (χ0) is 11.8. The van der Waals surface area contributed by atoms with Crippen molar-refractivity contribution in [3.8, 4) is 0 Å². The molecule has 16 heavy (non-hydrogen) atoms. The molecule has 94 valence electrons. The highest BCUT2D eigenvalue weighted by Crippen LogP contribution is 2.47. The van der Waals surface area contributed by atoms with Crippen molar-refractivity contribution in [1.29, 1.82) is 0 Å². The van der Waals surface area contributed by atoms with Gasteiger partial charge in [-0.05, 0) is 25.2 Å². The van der Waals surface area contributed by atoms with Gasteiger partial charge >= 0.3 is 0 Å². The average Bonchev–Trinajstić information content (AvgIpc) is 2.29. The molecular formula is C14H25ClO. The summed E-state index contributed by atoms with van der Waals surface area (Å²) in [5, 5.41) is 0.308. The molecule has 2 saturated carbocycles. The van der Waals surface area contributed by atoms with Crippen LogP contribution in [0.1, 0.15) is 59.3 Å². The van der Waals surface area contributed by atoms with Crippen LogP contribution in [-0.2, 0) is 4.74 Å². The molecule has 4 atom stereocenters. The number of hydrogen-bond donors (Lipinski definition) is 0. The molecule has 4 unspecified atom stereocenters. The molecule has 0 aromatic carbocycles. The van der Waals surface area contributed by atoms with Gasteiger partial charge in [0, 0.05) is 10.8 Å². The average molecular weight is 245 g/mol. The van der Waals surface area contributed by atoms with Gasteiger partial charge in [0.25, 0.3) is 0 Å². The topological polar surface area (TPSA) is 9.23 Å². The second-order valence-corrected chi connectivity index (χ2v) is 6.74. The molecule has 0 N–H and O–H groups in total. The summed E-state index contributed by atoms with van der Waals surface area (Å²) in [7, 11) is 0. The molecule has 0 aliphatic heterocycles. The standard InChI is InChI=1S/C14H25ClO/c1-4-10-6-5-7-11(8-10)16-13-9-12(15)14(13,2)3/h10-13H,4-9H2,1-3H3. The third kappa shape index (κ3) is 2.41. The van der Waals surface area contributed by atoms with Crippen LogP contribution in [0.2, 0.25) is 0 Å². The maximum atomic E-state index is 6.26. The molecule has 0 aromatic rings. The lowest BCUT2D eigenvalue weighted by molar-refractivity contribution is -0.136. The van der Waals surface area contributed by atoms with Crippen LogP contribution in [0, 0.1) is 11.3 Å². The van der Waals surface area contributed by atoms with Gasteiger partial charge in [0.2, 0.25) is 0 Å². The monoisotopic (exact) mass is 244 g/mol. The predicted molar refractivity (Wildman–Crippen MR) is 68.9 cm³/mol. The zero-order valence-corrected chi connectivity index (χ0v) is 11.6. The molecule has 0 radical (unpaired) electrons. The summed E-state index contributed by atoms with van der Waals surface area (Å²) >= 11 is 6.23. The first-order valence-electron chi connectivity index (χ1n) is 6.83. The molecule has 0 saturated heterocycles. The fraction of sp³-hybridized carbons (Fsp3) is 1.00. The Labute approximate surface area is 105 Å². The number of ether oxygens (including phenoxy) is 1. The van der Waals surface area contributed by atoms with Crippen LogP contribution in [0.3, 0.4) is 0 Å². The second kappa shape index (κ2) is 4.86. The Morgan fingerprint density at radius 3 is 2.56 bits per heavy atom. The molecule has 0 amide bonds. The van der Waals surface area contributed by atoms with Gasteiger partial charge in [-0.3, -0.25) is 0 Å². The SMILES string of the molecule is CCC1CCCC(OC2CC(Cl)C2(C)C)C1. The summed E-state index contributed by atoms with van der Waals surface area (Å²) in [5.74, 6) is 0.897. The number of hydrogen-bond acceptors (Lipinski definition) is 1. The highest BCUT2D eigenvalue weighted by molar-refractivity contribution is 6.21. The van der Waals surface area contributed by atoms with Gasteiger partial charge in [0.15, 0.2) is 0 Å². The maximum Gasteiger partial charge on any atom is 0.0658 e. The summed E-state index contributed by atoms with van der Waals surface area (Å²) in [5.41, 5.74) is 0.181. The van der Waals surface area contributed by atoms with E-state index < -0.39 is 0 Å². The van der Waals surface area contributed by atoms with Crippen LogP contribution in [-0.4, -0.2) is 17.6 Å². The fourth-order valence-electron chi connectivity index (χ4n) is 3.04. The first-order chi connectivity index (χ1) is 7.54. The Morgan fingerprint density at radius 1 is 1.25 bits per heavy atom. The van der Waals surface area contributed by atoms with E-state index in [1.165, 1.54) is 32.1 Å². The van der Waals surface area contributed by atoms with Gasteiger partial charge in [-0.15, -0.1) is 11.6 Å². The minimum atomic E-state index is 0.181. The van der Waals surface area contributed by atoms with Crippen molar-refractivity contribution in [3.05, 3.63) is 0 Å². The van der Waals surface area contributed by atoms with Crippen LogP contribution in [0.15, 0.2) is 0 Å². The van der Waals surface area contributed by atoms with Crippen LogP contribution in [0.25, 0.3) is 0 Å². The van der Waals surface area contributed by atoms with E-state index in [0.717, 1.165) is 12.3 Å². The van der Waals surface area contributed by atoms with Crippen molar-refractivity contribution in [2.24, 2.45) is 11.3 Å². The van der Waals surface area contributed by atoms with E-state index in [4.69, 9.17) is 16.3 Å². The number of rotatable bonds is 3. The van der Waals surface area contributed by atoms with Crippen molar-refractivity contribution in [2.75, 3.05) is 0 Å². The van der Waals surface area contributed by atoms with Crippen LogP contribution >= 0.6 is 11.6 Å². The minimum absolute atomic E-state index is 0.181. The highest BCUT2D eigenvalue weighted by Gasteiger charge is 2.49. The Morgan fingerprint density at radius 2 is 2.00 bits per heavy atom. The lowest BCUT2D eigenvalue weighted by Gasteiger charge is -2.50. The largest absolute Gasteiger partial charge is 0.374 e. The third-order valence-electron chi connectivity index (χ3n) is 4.73. The Bertz CT molecular complexity index is 239. The van der Waals surface area contributed by atoms with Crippen molar-refractivity contribution >= 4 is 11.6 Å². The summed E-state index contributed by atoms with van der Waals surface area (Å²) < 4.78 is 6.26. The van der Waals surface area contributed by atoms with Crippen molar-refractivity contribution in [2.45, 2.75) is 76.9 Å². The molecule has 2 rings (SSSR count). The van der Waals surface area contributed by atoms with E-state index in [-0.39, 0.29) is 5.41 Å². The Kier molecular flexibility index (Phi) is 3.86. The van der Waals surface area contributed by atoms with Crippen molar-refractivity contribution < 1.29 is 4.74 Å². The predicted octanol–water partition coefficient (Wildman–Crippen LogP) is 4.38. The number of alkyl halides is 1. The first kappa shape index (κ1) is 12.7. The molecule has 1 nitrogen and oxygen atoms in total. The van der Waals surface area contributed by atoms with E-state index in [0.29, 0.717) is 17.6 Å². The first-order valence-corrected chi connectivity index (χ1v) is 7.27.